The van der Waals surface area contributed by atoms with Crippen LogP contribution in [0.4, 0.5) is 0 Å². The van der Waals surface area contributed by atoms with Crippen molar-refractivity contribution >= 4 is 12.3 Å². The molecule has 92 valence electrons. The number of phenols is 1. The van der Waals surface area contributed by atoms with Crippen LogP contribution in [-0.4, -0.2) is 24.5 Å². The van der Waals surface area contributed by atoms with Crippen molar-refractivity contribution in [2.24, 2.45) is 0 Å². The van der Waals surface area contributed by atoms with Crippen LogP contribution in [0.25, 0.3) is 0 Å². The first-order valence-corrected chi connectivity index (χ1v) is 5.19. The molecule has 0 heterocycles. The van der Waals surface area contributed by atoms with Crippen LogP contribution in [0.3, 0.4) is 0 Å². The summed E-state index contributed by atoms with van der Waals surface area (Å²) in [6, 6.07) is 2.65. The number of hydrogen-bond donors (Lipinski definition) is 1. The SMILES string of the molecule is CCCC(=O)Oc1cc(C=O)c(O)c(OC)c1. The van der Waals surface area contributed by atoms with Crippen LogP contribution in [0.2, 0.25) is 0 Å². The van der Waals surface area contributed by atoms with Gasteiger partial charge in [0.1, 0.15) is 5.75 Å². The quantitative estimate of drug-likeness (QED) is 0.482. The van der Waals surface area contributed by atoms with Crippen molar-refractivity contribution in [2.45, 2.75) is 19.8 Å². The summed E-state index contributed by atoms with van der Waals surface area (Å²) in [5, 5.41) is 9.55. The maximum absolute atomic E-state index is 11.3. The van der Waals surface area contributed by atoms with Crippen LogP contribution in [-0.2, 0) is 4.79 Å². The zero-order chi connectivity index (χ0) is 12.8. The Morgan fingerprint density at radius 3 is 2.71 bits per heavy atom. The van der Waals surface area contributed by atoms with Gasteiger partial charge >= 0.3 is 5.97 Å². The molecule has 5 nitrogen and oxygen atoms in total. The molecule has 0 fully saturated rings. The molecule has 0 saturated heterocycles. The lowest BCUT2D eigenvalue weighted by molar-refractivity contribution is -0.134. The average molecular weight is 238 g/mol. The van der Waals surface area contributed by atoms with E-state index in [0.717, 1.165) is 0 Å². The molecule has 0 aliphatic heterocycles. The van der Waals surface area contributed by atoms with Gasteiger partial charge in [0.2, 0.25) is 0 Å². The van der Waals surface area contributed by atoms with Crippen molar-refractivity contribution in [3.05, 3.63) is 17.7 Å². The van der Waals surface area contributed by atoms with Gasteiger partial charge in [0.05, 0.1) is 12.7 Å². The summed E-state index contributed by atoms with van der Waals surface area (Å²) >= 11 is 0. The Bertz CT molecular complexity index is 425. The van der Waals surface area contributed by atoms with Gasteiger partial charge in [-0.15, -0.1) is 0 Å². The van der Waals surface area contributed by atoms with Gasteiger partial charge in [-0.2, -0.15) is 0 Å². The van der Waals surface area contributed by atoms with Crippen LogP contribution in [0.1, 0.15) is 30.1 Å². The highest BCUT2D eigenvalue weighted by Crippen LogP contribution is 2.33. The monoisotopic (exact) mass is 238 g/mol. The lowest BCUT2D eigenvalue weighted by Gasteiger charge is -2.09. The minimum atomic E-state index is -0.392. The maximum atomic E-state index is 11.3. The molecule has 0 aromatic heterocycles. The van der Waals surface area contributed by atoms with Crippen LogP contribution >= 0.6 is 0 Å². The van der Waals surface area contributed by atoms with Gasteiger partial charge in [-0.3, -0.25) is 9.59 Å². The number of aldehydes is 1. The van der Waals surface area contributed by atoms with Gasteiger partial charge in [-0.05, 0) is 12.5 Å². The van der Waals surface area contributed by atoms with Gasteiger partial charge < -0.3 is 14.6 Å². The Labute approximate surface area is 99.0 Å². The lowest BCUT2D eigenvalue weighted by Crippen LogP contribution is -2.07. The van der Waals surface area contributed by atoms with Gasteiger partial charge in [0, 0.05) is 12.5 Å². The topological polar surface area (TPSA) is 72.8 Å². The highest BCUT2D eigenvalue weighted by atomic mass is 16.5. The first-order valence-electron chi connectivity index (χ1n) is 5.19. The molecular formula is C12H14O5. The van der Waals surface area contributed by atoms with Crippen LogP contribution in [0.15, 0.2) is 12.1 Å². The van der Waals surface area contributed by atoms with Gasteiger partial charge in [-0.25, -0.2) is 0 Å². The van der Waals surface area contributed by atoms with Crippen molar-refractivity contribution in [3.8, 4) is 17.2 Å². The Kier molecular flexibility index (Phi) is 4.51. The predicted molar refractivity (Wildman–Crippen MR) is 60.6 cm³/mol. The third-order valence-electron chi connectivity index (χ3n) is 2.11. The van der Waals surface area contributed by atoms with Crippen molar-refractivity contribution < 1.29 is 24.2 Å². The van der Waals surface area contributed by atoms with E-state index in [4.69, 9.17) is 9.47 Å². The number of rotatable bonds is 5. The second-order valence-electron chi connectivity index (χ2n) is 3.41. The molecule has 1 rings (SSSR count). The number of benzene rings is 1. The first-order chi connectivity index (χ1) is 8.12. The molecule has 17 heavy (non-hydrogen) atoms. The van der Waals surface area contributed by atoms with Crippen molar-refractivity contribution in [1.29, 1.82) is 0 Å². The number of aromatic hydroxyl groups is 1. The molecule has 0 amide bonds. The third kappa shape index (κ3) is 3.21. The summed E-state index contributed by atoms with van der Waals surface area (Å²) in [5.74, 6) is -0.385. The first kappa shape index (κ1) is 13.0. The third-order valence-corrected chi connectivity index (χ3v) is 2.11. The maximum Gasteiger partial charge on any atom is 0.311 e. The molecule has 0 atom stereocenters. The Hall–Kier alpha value is -2.04. The summed E-state index contributed by atoms with van der Waals surface area (Å²) < 4.78 is 9.88. The largest absolute Gasteiger partial charge is 0.504 e. The van der Waals surface area contributed by atoms with E-state index < -0.39 is 5.97 Å². The number of hydrogen-bond acceptors (Lipinski definition) is 5. The molecule has 0 unspecified atom stereocenters. The molecule has 5 heteroatoms. The molecule has 0 radical (unpaired) electrons. The van der Waals surface area contributed by atoms with E-state index in [9.17, 15) is 14.7 Å². The molecular weight excluding hydrogens is 224 g/mol. The standard InChI is InChI=1S/C12H14O5/c1-3-4-11(14)17-9-5-8(7-13)12(15)10(6-9)16-2/h5-7,15H,3-4H2,1-2H3. The minimum Gasteiger partial charge on any atom is -0.504 e. The van der Waals surface area contributed by atoms with Gasteiger partial charge in [0.15, 0.2) is 17.8 Å². The molecule has 0 aliphatic rings. The smallest absolute Gasteiger partial charge is 0.311 e. The van der Waals surface area contributed by atoms with Crippen molar-refractivity contribution in [2.75, 3.05) is 7.11 Å². The molecule has 1 N–H and O–H groups in total. The second-order valence-corrected chi connectivity index (χ2v) is 3.41. The highest BCUT2D eigenvalue weighted by Gasteiger charge is 2.12. The predicted octanol–water partition coefficient (Wildman–Crippen LogP) is 1.92. The number of phenolic OH excluding ortho intramolecular Hbond substituents is 1. The fraction of sp³-hybridized carbons (Fsp3) is 0.333. The summed E-state index contributed by atoms with van der Waals surface area (Å²) in [7, 11) is 1.35. The fourth-order valence-electron chi connectivity index (χ4n) is 1.29. The van der Waals surface area contributed by atoms with Gasteiger partial charge in [0.25, 0.3) is 0 Å². The zero-order valence-electron chi connectivity index (χ0n) is 9.73. The zero-order valence-corrected chi connectivity index (χ0v) is 9.73. The Morgan fingerprint density at radius 1 is 1.47 bits per heavy atom. The molecule has 1 aromatic carbocycles. The van der Waals surface area contributed by atoms with E-state index in [1.165, 1.54) is 19.2 Å². The lowest BCUT2D eigenvalue weighted by atomic mass is 10.2. The van der Waals surface area contributed by atoms with E-state index >= 15 is 0 Å². The van der Waals surface area contributed by atoms with Crippen LogP contribution < -0.4 is 9.47 Å². The average Bonchev–Trinajstić information content (AvgIpc) is 2.31. The van der Waals surface area contributed by atoms with Crippen LogP contribution in [0.5, 0.6) is 17.2 Å². The van der Waals surface area contributed by atoms with E-state index in [1.807, 2.05) is 6.92 Å². The molecule has 0 aliphatic carbocycles. The fourth-order valence-corrected chi connectivity index (χ4v) is 1.29. The van der Waals surface area contributed by atoms with E-state index in [1.54, 1.807) is 0 Å². The number of methoxy groups -OCH3 is 1. The molecule has 0 saturated carbocycles. The van der Waals surface area contributed by atoms with Crippen molar-refractivity contribution in [3.63, 3.8) is 0 Å². The summed E-state index contributed by atoms with van der Waals surface area (Å²) in [5.41, 5.74) is 0.0173. The minimum absolute atomic E-state index is 0.0173. The summed E-state index contributed by atoms with van der Waals surface area (Å²) in [4.78, 5) is 22.0. The summed E-state index contributed by atoms with van der Waals surface area (Å²) in [6.45, 7) is 1.86. The van der Waals surface area contributed by atoms with Crippen LogP contribution in [0, 0.1) is 0 Å². The highest BCUT2D eigenvalue weighted by molar-refractivity contribution is 5.83. The molecule has 1 aromatic rings. The molecule has 0 bridgehead atoms. The van der Waals surface area contributed by atoms with E-state index in [2.05, 4.69) is 0 Å². The Morgan fingerprint density at radius 2 is 2.18 bits per heavy atom. The van der Waals surface area contributed by atoms with E-state index in [0.29, 0.717) is 19.1 Å². The molecule has 0 spiro atoms. The van der Waals surface area contributed by atoms with Crippen molar-refractivity contribution in [1.82, 2.24) is 0 Å². The Balaban J connectivity index is 3.00. The number of esters is 1. The second kappa shape index (κ2) is 5.89. The number of carbonyl (C=O) groups is 2. The summed E-state index contributed by atoms with van der Waals surface area (Å²) in [6.07, 6.45) is 1.43. The van der Waals surface area contributed by atoms with Gasteiger partial charge in [-0.1, -0.05) is 6.92 Å². The van der Waals surface area contributed by atoms with E-state index in [-0.39, 0.29) is 22.8 Å². The normalized spacial score (nSPS) is 9.76. The number of carbonyl (C=O) groups excluding carboxylic acids is 2. The number of ether oxygens (including phenoxy) is 2.